The molecule has 4 nitrogen and oxygen atoms in total. The van der Waals surface area contributed by atoms with Gasteiger partial charge in [0, 0.05) is 31.8 Å². The lowest BCUT2D eigenvalue weighted by molar-refractivity contribution is 0.125. The maximum absolute atomic E-state index is 5.57. The summed E-state index contributed by atoms with van der Waals surface area (Å²) in [5, 5.41) is 3.63. The molecule has 1 aliphatic heterocycles. The Kier molecular flexibility index (Phi) is 6.49. The van der Waals surface area contributed by atoms with Gasteiger partial charge in [0.05, 0.1) is 13.7 Å². The molecule has 2 atom stereocenters. The van der Waals surface area contributed by atoms with Crippen LogP contribution in [0.1, 0.15) is 31.9 Å². The number of nitrogens with one attached hydrogen (secondary N) is 1. The molecule has 0 radical (unpaired) electrons. The van der Waals surface area contributed by atoms with Gasteiger partial charge < -0.3 is 14.8 Å². The van der Waals surface area contributed by atoms with Crippen molar-refractivity contribution in [1.29, 1.82) is 0 Å². The topological polar surface area (TPSA) is 33.7 Å². The van der Waals surface area contributed by atoms with Gasteiger partial charge in [0.2, 0.25) is 0 Å². The van der Waals surface area contributed by atoms with Crippen LogP contribution in [0.4, 0.5) is 0 Å². The van der Waals surface area contributed by atoms with Crippen LogP contribution in [0.3, 0.4) is 0 Å². The zero-order chi connectivity index (χ0) is 15.1. The molecule has 0 aromatic heterocycles. The molecular formula is C17H28N2O2. The predicted octanol–water partition coefficient (Wildman–Crippen LogP) is 2.46. The summed E-state index contributed by atoms with van der Waals surface area (Å²) in [6.45, 7) is 9.28. The number of hydrogen-bond donors (Lipinski definition) is 1. The standard InChI is InChI=1S/C17H28N2O2/c1-4-18-17(15-6-8-16(20-3)9-7-15)14(2)19-10-5-12-21-13-11-19/h6-9,14,17-18H,4-5,10-13H2,1-3H3. The van der Waals surface area contributed by atoms with Crippen LogP contribution in [0.15, 0.2) is 24.3 Å². The average molecular weight is 292 g/mol. The predicted molar refractivity (Wildman–Crippen MR) is 85.9 cm³/mol. The van der Waals surface area contributed by atoms with Crippen molar-refractivity contribution in [3.8, 4) is 5.75 Å². The highest BCUT2D eigenvalue weighted by Crippen LogP contribution is 2.24. The Labute approximate surface area is 128 Å². The number of hydrogen-bond acceptors (Lipinski definition) is 4. The second kappa shape index (κ2) is 8.37. The molecular weight excluding hydrogens is 264 g/mol. The summed E-state index contributed by atoms with van der Waals surface area (Å²) in [5.74, 6) is 0.907. The lowest BCUT2D eigenvalue weighted by atomic mass is 9.98. The summed E-state index contributed by atoms with van der Waals surface area (Å²) in [5.41, 5.74) is 1.32. The van der Waals surface area contributed by atoms with E-state index in [1.165, 1.54) is 5.56 Å². The average Bonchev–Trinajstić information content (AvgIpc) is 2.81. The Bertz CT molecular complexity index is 400. The van der Waals surface area contributed by atoms with E-state index >= 15 is 0 Å². The monoisotopic (exact) mass is 292 g/mol. The highest BCUT2D eigenvalue weighted by Gasteiger charge is 2.25. The first-order valence-electron chi connectivity index (χ1n) is 7.95. The number of likely N-dealkylation sites (N-methyl/N-ethyl adjacent to an activating group) is 1. The SMILES string of the molecule is CCNC(c1ccc(OC)cc1)C(C)N1CCCOCC1. The molecule has 0 saturated carbocycles. The lowest BCUT2D eigenvalue weighted by Crippen LogP contribution is -2.44. The van der Waals surface area contributed by atoms with Gasteiger partial charge >= 0.3 is 0 Å². The minimum Gasteiger partial charge on any atom is -0.497 e. The highest BCUT2D eigenvalue weighted by molar-refractivity contribution is 5.29. The van der Waals surface area contributed by atoms with Gasteiger partial charge in [0.25, 0.3) is 0 Å². The van der Waals surface area contributed by atoms with Crippen LogP contribution >= 0.6 is 0 Å². The fourth-order valence-electron chi connectivity index (χ4n) is 2.98. The maximum atomic E-state index is 5.57. The van der Waals surface area contributed by atoms with Crippen molar-refractivity contribution in [1.82, 2.24) is 10.2 Å². The van der Waals surface area contributed by atoms with Crippen LogP contribution in [-0.2, 0) is 4.74 Å². The van der Waals surface area contributed by atoms with Crippen LogP contribution < -0.4 is 10.1 Å². The number of benzene rings is 1. The number of nitrogens with zero attached hydrogens (tertiary/aromatic N) is 1. The van der Waals surface area contributed by atoms with Gasteiger partial charge in [-0.05, 0) is 37.6 Å². The zero-order valence-corrected chi connectivity index (χ0v) is 13.5. The highest BCUT2D eigenvalue weighted by atomic mass is 16.5. The Morgan fingerprint density at radius 3 is 2.67 bits per heavy atom. The van der Waals surface area contributed by atoms with Crippen molar-refractivity contribution in [2.75, 3.05) is 40.0 Å². The molecule has 0 aliphatic carbocycles. The van der Waals surface area contributed by atoms with Gasteiger partial charge in [0.1, 0.15) is 5.75 Å². The van der Waals surface area contributed by atoms with E-state index in [1.807, 2.05) is 12.1 Å². The van der Waals surface area contributed by atoms with E-state index in [2.05, 4.69) is 36.2 Å². The van der Waals surface area contributed by atoms with E-state index in [0.29, 0.717) is 12.1 Å². The van der Waals surface area contributed by atoms with Crippen LogP contribution in [0.5, 0.6) is 5.75 Å². The summed E-state index contributed by atoms with van der Waals surface area (Å²) in [7, 11) is 1.70. The molecule has 1 fully saturated rings. The first-order chi connectivity index (χ1) is 10.3. The smallest absolute Gasteiger partial charge is 0.118 e. The van der Waals surface area contributed by atoms with E-state index in [-0.39, 0.29) is 0 Å². The number of ether oxygens (including phenoxy) is 2. The Morgan fingerprint density at radius 2 is 2.00 bits per heavy atom. The molecule has 1 aromatic rings. The molecule has 1 N–H and O–H groups in total. The molecule has 2 rings (SSSR count). The summed E-state index contributed by atoms with van der Waals surface area (Å²) in [4.78, 5) is 2.53. The molecule has 21 heavy (non-hydrogen) atoms. The van der Waals surface area contributed by atoms with E-state index in [9.17, 15) is 0 Å². The molecule has 1 aliphatic rings. The van der Waals surface area contributed by atoms with E-state index < -0.39 is 0 Å². The summed E-state index contributed by atoms with van der Waals surface area (Å²) >= 11 is 0. The van der Waals surface area contributed by atoms with Crippen LogP contribution in [0, 0.1) is 0 Å². The van der Waals surface area contributed by atoms with Gasteiger partial charge in [-0.1, -0.05) is 19.1 Å². The molecule has 1 aromatic carbocycles. The second-order valence-corrected chi connectivity index (χ2v) is 5.55. The largest absolute Gasteiger partial charge is 0.497 e. The molecule has 2 unspecified atom stereocenters. The Hall–Kier alpha value is -1.10. The normalized spacial score (nSPS) is 19.8. The molecule has 4 heteroatoms. The van der Waals surface area contributed by atoms with Gasteiger partial charge in [-0.25, -0.2) is 0 Å². The molecule has 0 bridgehead atoms. The van der Waals surface area contributed by atoms with Gasteiger partial charge in [-0.2, -0.15) is 0 Å². The summed E-state index contributed by atoms with van der Waals surface area (Å²) in [6, 6.07) is 9.18. The molecule has 1 heterocycles. The summed E-state index contributed by atoms with van der Waals surface area (Å²) < 4.78 is 10.8. The maximum Gasteiger partial charge on any atom is 0.118 e. The second-order valence-electron chi connectivity index (χ2n) is 5.55. The fraction of sp³-hybridized carbons (Fsp3) is 0.647. The third-order valence-electron chi connectivity index (χ3n) is 4.21. The van der Waals surface area contributed by atoms with Crippen molar-refractivity contribution in [2.45, 2.75) is 32.4 Å². The van der Waals surface area contributed by atoms with Crippen LogP contribution in [-0.4, -0.2) is 50.9 Å². The first kappa shape index (κ1) is 16.3. The van der Waals surface area contributed by atoms with Gasteiger partial charge in [-0.3, -0.25) is 4.90 Å². The van der Waals surface area contributed by atoms with Gasteiger partial charge in [-0.15, -0.1) is 0 Å². The molecule has 118 valence electrons. The van der Waals surface area contributed by atoms with Crippen molar-refractivity contribution in [2.24, 2.45) is 0 Å². The fourth-order valence-corrected chi connectivity index (χ4v) is 2.98. The van der Waals surface area contributed by atoms with E-state index in [0.717, 1.165) is 45.0 Å². The minimum atomic E-state index is 0.332. The quantitative estimate of drug-likeness (QED) is 0.873. The van der Waals surface area contributed by atoms with Crippen molar-refractivity contribution >= 4 is 0 Å². The Balaban J connectivity index is 2.11. The summed E-state index contributed by atoms with van der Waals surface area (Å²) in [6.07, 6.45) is 1.12. The van der Waals surface area contributed by atoms with Crippen molar-refractivity contribution < 1.29 is 9.47 Å². The van der Waals surface area contributed by atoms with Crippen molar-refractivity contribution in [3.05, 3.63) is 29.8 Å². The first-order valence-corrected chi connectivity index (χ1v) is 7.95. The molecule has 0 amide bonds. The van der Waals surface area contributed by atoms with E-state index in [4.69, 9.17) is 9.47 Å². The molecule has 0 spiro atoms. The third kappa shape index (κ3) is 4.43. The number of rotatable bonds is 6. The van der Waals surface area contributed by atoms with Crippen LogP contribution in [0.25, 0.3) is 0 Å². The Morgan fingerprint density at radius 1 is 1.24 bits per heavy atom. The lowest BCUT2D eigenvalue weighted by Gasteiger charge is -2.34. The minimum absolute atomic E-state index is 0.332. The van der Waals surface area contributed by atoms with Gasteiger partial charge in [0.15, 0.2) is 0 Å². The van der Waals surface area contributed by atoms with Crippen LogP contribution in [0.2, 0.25) is 0 Å². The zero-order valence-electron chi connectivity index (χ0n) is 13.5. The third-order valence-corrected chi connectivity index (χ3v) is 4.21. The van der Waals surface area contributed by atoms with Crippen molar-refractivity contribution in [3.63, 3.8) is 0 Å². The molecule has 1 saturated heterocycles. The van der Waals surface area contributed by atoms with E-state index in [1.54, 1.807) is 7.11 Å². The number of methoxy groups -OCH3 is 1.